The number of aromatic nitrogens is 2. The first-order chi connectivity index (χ1) is 13.5. The quantitative estimate of drug-likeness (QED) is 0.116. The van der Waals surface area contributed by atoms with Gasteiger partial charge in [-0.25, -0.2) is 18.5 Å². The van der Waals surface area contributed by atoms with E-state index in [9.17, 15) is 38.7 Å². The Morgan fingerprint density at radius 2 is 1.53 bits per heavy atom. The van der Waals surface area contributed by atoms with Crippen LogP contribution in [-0.2, 0) is 31.6 Å². The van der Waals surface area contributed by atoms with Gasteiger partial charge < -0.3 is 70.0 Å². The zero-order chi connectivity index (χ0) is 23.1. The van der Waals surface area contributed by atoms with Gasteiger partial charge in [0, 0.05) is 6.20 Å². The number of nitrogens with two attached hydrogens (primary N) is 1. The van der Waals surface area contributed by atoms with Crippen LogP contribution < -0.4 is 36.0 Å². The third-order valence-corrected chi connectivity index (χ3v) is 7.15. The molecule has 1 aromatic rings. The highest BCUT2D eigenvalue weighted by atomic mass is 31.3. The normalized spacial score (nSPS) is 26.3. The second-order valence-corrected chi connectivity index (χ2v) is 9.97. The van der Waals surface area contributed by atoms with Crippen LogP contribution in [0.25, 0.3) is 0 Å². The molecule has 0 aliphatic carbocycles. The number of rotatable bonds is 8. The molecule has 2 heterocycles. The van der Waals surface area contributed by atoms with Gasteiger partial charge in [-0.05, 0) is 6.07 Å². The maximum Gasteiger partial charge on any atom is 0.490 e. The second kappa shape index (κ2) is 13.2. The van der Waals surface area contributed by atoms with Crippen LogP contribution in [-0.4, -0.2) is 69.0 Å². The number of phosphoric acid groups is 3. The molecule has 0 bridgehead atoms. The fraction of sp³-hybridized carbons (Fsp3) is 0.556. The van der Waals surface area contributed by atoms with E-state index in [0.29, 0.717) is 4.57 Å². The Kier molecular flexibility index (Phi) is 14.5. The van der Waals surface area contributed by atoms with E-state index in [-0.39, 0.29) is 30.4 Å². The SMILES string of the molecule is N.N.N.N.Nc1ccn([C@@H]2O[C@H](C(O)OP(=O)(O)OP(=O)(O)OP(=O)(O)O)[C@@H](O)[C@@H]2O)c(=O)n1. The molecule has 7 atom stereocenters. The summed E-state index contributed by atoms with van der Waals surface area (Å²) in [5.74, 6) is -0.173. The van der Waals surface area contributed by atoms with Gasteiger partial charge in [-0.15, -0.1) is 0 Å². The van der Waals surface area contributed by atoms with Gasteiger partial charge in [-0.3, -0.25) is 9.09 Å². The van der Waals surface area contributed by atoms with E-state index in [1.165, 1.54) is 0 Å². The lowest BCUT2D eigenvalue weighted by Crippen LogP contribution is -2.40. The summed E-state index contributed by atoms with van der Waals surface area (Å²) in [5.41, 5.74) is 4.29. The van der Waals surface area contributed by atoms with Crippen LogP contribution in [0.2, 0.25) is 0 Å². The molecule has 0 spiro atoms. The molecule has 1 aromatic heterocycles. The van der Waals surface area contributed by atoms with Gasteiger partial charge in [0.05, 0.1) is 0 Å². The lowest BCUT2D eigenvalue weighted by Gasteiger charge is -2.23. The molecule has 21 N–H and O–H groups in total. The Bertz CT molecular complexity index is 988. The summed E-state index contributed by atoms with van der Waals surface area (Å²) in [5, 5.41) is 29.9. The van der Waals surface area contributed by atoms with E-state index in [1.54, 1.807) is 0 Å². The lowest BCUT2D eigenvalue weighted by molar-refractivity contribution is -0.161. The minimum Gasteiger partial charge on any atom is -0.387 e. The van der Waals surface area contributed by atoms with Gasteiger partial charge >= 0.3 is 29.2 Å². The van der Waals surface area contributed by atoms with Crippen LogP contribution in [0, 0.1) is 0 Å². The molecule has 1 aliphatic heterocycles. The van der Waals surface area contributed by atoms with Crippen LogP contribution in [0.1, 0.15) is 6.23 Å². The Hall–Kier alpha value is -1.23. The first-order valence-electron chi connectivity index (χ1n) is 7.38. The number of hydrogen-bond acceptors (Lipinski definition) is 17. The molecule has 0 saturated carbocycles. The molecule has 22 nitrogen and oxygen atoms in total. The molecule has 1 saturated heterocycles. The zero-order valence-corrected chi connectivity index (χ0v) is 19.8. The fourth-order valence-corrected chi connectivity index (χ4v) is 5.32. The summed E-state index contributed by atoms with van der Waals surface area (Å²) in [4.78, 5) is 50.5. The maximum atomic E-state index is 11.8. The van der Waals surface area contributed by atoms with Crippen molar-refractivity contribution < 1.29 is 66.5 Å². The highest BCUT2D eigenvalue weighted by molar-refractivity contribution is 7.66. The number of ether oxygens (including phenoxy) is 1. The van der Waals surface area contributed by atoms with Gasteiger partial charge in [0.15, 0.2) is 12.5 Å². The largest absolute Gasteiger partial charge is 0.490 e. The smallest absolute Gasteiger partial charge is 0.387 e. The number of nitrogen functional groups attached to an aromatic ring is 1. The molecule has 204 valence electrons. The van der Waals surface area contributed by atoms with Crippen LogP contribution in [0.3, 0.4) is 0 Å². The van der Waals surface area contributed by atoms with Gasteiger partial charge in [-0.2, -0.15) is 13.6 Å². The Labute approximate surface area is 190 Å². The third-order valence-electron chi connectivity index (χ3n) is 3.34. The van der Waals surface area contributed by atoms with Gasteiger partial charge in [-0.1, -0.05) is 0 Å². The van der Waals surface area contributed by atoms with Crippen molar-refractivity contribution in [2.75, 3.05) is 5.73 Å². The number of phosphoric ester groups is 1. The van der Waals surface area contributed by atoms with E-state index < -0.39 is 60.0 Å². The number of nitrogens with zero attached hydrogens (tertiary/aromatic N) is 2. The van der Waals surface area contributed by atoms with Crippen molar-refractivity contribution in [3.8, 4) is 0 Å². The first-order valence-corrected chi connectivity index (χ1v) is 11.9. The van der Waals surface area contributed by atoms with E-state index in [2.05, 4.69) is 18.1 Å². The minimum atomic E-state index is -5.85. The monoisotopic (exact) mass is 567 g/mol. The average Bonchev–Trinajstić information content (AvgIpc) is 2.79. The Morgan fingerprint density at radius 1 is 1.00 bits per heavy atom. The second-order valence-electron chi connectivity index (χ2n) is 5.60. The molecule has 0 aromatic carbocycles. The Morgan fingerprint density at radius 3 is 2.00 bits per heavy atom. The van der Waals surface area contributed by atoms with Crippen molar-refractivity contribution in [2.24, 2.45) is 0 Å². The van der Waals surface area contributed by atoms with E-state index in [1.807, 2.05) is 0 Å². The molecule has 0 amide bonds. The van der Waals surface area contributed by atoms with Crippen LogP contribution in [0.5, 0.6) is 0 Å². The van der Waals surface area contributed by atoms with E-state index in [0.717, 1.165) is 12.3 Å². The number of aliphatic hydroxyl groups is 3. The maximum absolute atomic E-state index is 11.8. The van der Waals surface area contributed by atoms with E-state index >= 15 is 0 Å². The molecule has 34 heavy (non-hydrogen) atoms. The third kappa shape index (κ3) is 9.79. The van der Waals surface area contributed by atoms with E-state index in [4.69, 9.17) is 25.2 Å². The molecule has 0 radical (unpaired) electrons. The molecule has 25 heteroatoms. The van der Waals surface area contributed by atoms with Gasteiger partial charge in [0.25, 0.3) is 0 Å². The van der Waals surface area contributed by atoms with Crippen LogP contribution in [0.4, 0.5) is 5.82 Å². The summed E-state index contributed by atoms with van der Waals surface area (Å²) < 4.78 is 50.2. The van der Waals surface area contributed by atoms with Gasteiger partial charge in [0.1, 0.15) is 24.1 Å². The number of anilines is 1. The number of hydrogen-bond donors (Lipinski definition) is 12. The van der Waals surface area contributed by atoms with Crippen molar-refractivity contribution in [2.45, 2.75) is 30.8 Å². The van der Waals surface area contributed by atoms with Crippen LogP contribution in [0.15, 0.2) is 17.1 Å². The first kappa shape index (κ1) is 37.3. The summed E-state index contributed by atoms with van der Waals surface area (Å²) in [6, 6.07) is 1.14. The summed E-state index contributed by atoms with van der Waals surface area (Å²) in [6.45, 7) is 0. The topological polar surface area (TPSA) is 431 Å². The zero-order valence-electron chi connectivity index (χ0n) is 17.1. The molecule has 3 unspecified atom stereocenters. The molecule has 1 fully saturated rings. The van der Waals surface area contributed by atoms with Crippen molar-refractivity contribution >= 4 is 29.3 Å². The molecule has 2 rings (SSSR count). The summed E-state index contributed by atoms with van der Waals surface area (Å²) in [7, 11) is -17.2. The van der Waals surface area contributed by atoms with Crippen molar-refractivity contribution in [1.82, 2.24) is 34.2 Å². The molecule has 1 aliphatic rings. The molecular formula is C9H28N7O15P3. The predicted octanol–water partition coefficient (Wildman–Crippen LogP) is -2.25. The van der Waals surface area contributed by atoms with Crippen LogP contribution >= 0.6 is 23.5 Å². The van der Waals surface area contributed by atoms with Crippen molar-refractivity contribution in [1.29, 1.82) is 0 Å². The minimum absolute atomic E-state index is 0. The summed E-state index contributed by atoms with van der Waals surface area (Å²) >= 11 is 0. The van der Waals surface area contributed by atoms with Crippen molar-refractivity contribution in [3.63, 3.8) is 0 Å². The number of aliphatic hydroxyl groups excluding tert-OH is 3. The highest BCUT2D eigenvalue weighted by Crippen LogP contribution is 2.66. The Balaban J connectivity index is -0.00000240. The highest BCUT2D eigenvalue weighted by Gasteiger charge is 2.50. The van der Waals surface area contributed by atoms with Crippen molar-refractivity contribution in [3.05, 3.63) is 22.7 Å². The standard InChI is InChI=1S/C9H16N3O15P3.4H3N/c10-3-1-2-12(9(16)11-3)7-5(14)4(13)6(24-7)8(15)25-29(20,21)27-30(22,23)26-28(17,18)19;;;;/h1-2,4-8,13-15H,(H,20,21)(H,22,23)(H2,10,11,16)(H2,17,18,19);4*1H3/t4-,5-,6-,7+,8?;;;;/m0..../s1. The molecular weight excluding hydrogens is 539 g/mol. The summed E-state index contributed by atoms with van der Waals surface area (Å²) in [6.07, 6.45) is -9.19. The fourth-order valence-electron chi connectivity index (χ4n) is 2.27. The lowest BCUT2D eigenvalue weighted by atomic mass is 10.1. The average molecular weight is 567 g/mol. The predicted molar refractivity (Wildman–Crippen MR) is 110 cm³/mol. The van der Waals surface area contributed by atoms with Gasteiger partial charge in [0.2, 0.25) is 0 Å².